The molecule has 0 radical (unpaired) electrons. The predicted octanol–water partition coefficient (Wildman–Crippen LogP) is 6.60. The molecule has 0 unspecified atom stereocenters. The quantitative estimate of drug-likeness (QED) is 0.336. The lowest BCUT2D eigenvalue weighted by Gasteiger charge is -2.17. The van der Waals surface area contributed by atoms with E-state index >= 15 is 0 Å². The van der Waals surface area contributed by atoms with E-state index in [0.29, 0.717) is 18.2 Å². The molecule has 0 bridgehead atoms. The number of carbonyl (C=O) groups is 1. The van der Waals surface area contributed by atoms with Gasteiger partial charge in [0, 0.05) is 17.2 Å². The maximum atomic E-state index is 11.9. The summed E-state index contributed by atoms with van der Waals surface area (Å²) in [6.07, 6.45) is 4.85. The number of benzene rings is 3. The van der Waals surface area contributed by atoms with E-state index in [0.717, 1.165) is 33.7 Å². The molecule has 0 spiro atoms. The molecule has 1 fully saturated rings. The molecule has 0 amide bonds. The first kappa shape index (κ1) is 19.6. The summed E-state index contributed by atoms with van der Waals surface area (Å²) in [6, 6.07) is 24.7. The third-order valence-corrected chi connectivity index (χ3v) is 6.15. The van der Waals surface area contributed by atoms with Crippen LogP contribution >= 0.6 is 0 Å². The highest BCUT2D eigenvalue weighted by Gasteiger charge is 2.23. The summed E-state index contributed by atoms with van der Waals surface area (Å²) in [6.45, 7) is 2.15. The third kappa shape index (κ3) is 3.98. The zero-order valence-electron chi connectivity index (χ0n) is 17.8. The molecular weight excluding hydrogens is 384 g/mol. The van der Waals surface area contributed by atoms with E-state index in [1.54, 1.807) is 6.92 Å². The van der Waals surface area contributed by atoms with Crippen LogP contribution in [0.5, 0.6) is 5.75 Å². The van der Waals surface area contributed by atoms with Crippen molar-refractivity contribution < 1.29 is 9.53 Å². The molecule has 0 N–H and O–H groups in total. The highest BCUT2D eigenvalue weighted by Crippen LogP contribution is 2.37. The van der Waals surface area contributed by atoms with Gasteiger partial charge < -0.3 is 9.30 Å². The van der Waals surface area contributed by atoms with Crippen molar-refractivity contribution in [2.24, 2.45) is 0 Å². The Morgan fingerprint density at radius 3 is 2.45 bits per heavy atom. The Hall–Kier alpha value is -3.40. The van der Waals surface area contributed by atoms with Crippen LogP contribution in [0.25, 0.3) is 22.4 Å². The number of carbonyl (C=O) groups excluding carboxylic acids is 1. The molecule has 0 atom stereocenters. The van der Waals surface area contributed by atoms with E-state index in [1.807, 2.05) is 42.5 Å². The smallest absolute Gasteiger partial charge is 0.159 e. The van der Waals surface area contributed by atoms with Gasteiger partial charge in [0.1, 0.15) is 18.2 Å². The molecule has 4 heteroatoms. The van der Waals surface area contributed by atoms with Crippen LogP contribution in [-0.2, 0) is 6.61 Å². The van der Waals surface area contributed by atoms with E-state index in [4.69, 9.17) is 9.72 Å². The van der Waals surface area contributed by atoms with Gasteiger partial charge in [-0.2, -0.15) is 0 Å². The molecule has 4 aromatic rings. The van der Waals surface area contributed by atoms with E-state index in [1.165, 1.54) is 25.7 Å². The predicted molar refractivity (Wildman–Crippen MR) is 123 cm³/mol. The van der Waals surface area contributed by atoms with Crippen LogP contribution in [0, 0.1) is 0 Å². The topological polar surface area (TPSA) is 44.1 Å². The molecule has 3 aromatic carbocycles. The number of ether oxygens (including phenoxy) is 1. The number of aromatic nitrogens is 2. The second kappa shape index (κ2) is 8.38. The molecule has 1 aromatic heterocycles. The summed E-state index contributed by atoms with van der Waals surface area (Å²) < 4.78 is 8.33. The second-order valence-electron chi connectivity index (χ2n) is 8.30. The number of fused-ring (bicyclic) bond motifs is 1. The van der Waals surface area contributed by atoms with Gasteiger partial charge in [-0.3, -0.25) is 4.79 Å². The van der Waals surface area contributed by atoms with E-state index in [9.17, 15) is 4.79 Å². The van der Waals surface area contributed by atoms with Crippen LogP contribution in [0.4, 0.5) is 0 Å². The fraction of sp³-hybridized carbons (Fsp3) is 0.259. The number of hydrogen-bond donors (Lipinski definition) is 0. The fourth-order valence-corrected chi connectivity index (χ4v) is 4.49. The van der Waals surface area contributed by atoms with Crippen molar-refractivity contribution in [3.05, 3.63) is 83.9 Å². The molecule has 4 nitrogen and oxygen atoms in total. The summed E-state index contributed by atoms with van der Waals surface area (Å²) in [5.41, 5.74) is 4.92. The number of imidazole rings is 1. The van der Waals surface area contributed by atoms with Gasteiger partial charge in [-0.15, -0.1) is 0 Å². The number of hydrogen-bond acceptors (Lipinski definition) is 3. The number of rotatable bonds is 6. The van der Waals surface area contributed by atoms with Crippen molar-refractivity contribution in [3.8, 4) is 17.1 Å². The molecule has 1 aliphatic carbocycles. The number of nitrogens with zero attached hydrogens (tertiary/aromatic N) is 2. The molecule has 1 saturated carbocycles. The molecule has 0 saturated heterocycles. The van der Waals surface area contributed by atoms with Crippen LogP contribution in [0.3, 0.4) is 0 Å². The van der Waals surface area contributed by atoms with Crippen molar-refractivity contribution in [2.75, 3.05) is 0 Å². The summed E-state index contributed by atoms with van der Waals surface area (Å²) in [7, 11) is 0. The minimum atomic E-state index is 0.0683. The maximum absolute atomic E-state index is 11.9. The Bertz CT molecular complexity index is 1200. The second-order valence-corrected chi connectivity index (χ2v) is 8.30. The van der Waals surface area contributed by atoms with E-state index in [-0.39, 0.29) is 5.78 Å². The minimum absolute atomic E-state index is 0.0683. The van der Waals surface area contributed by atoms with Crippen LogP contribution < -0.4 is 4.74 Å². The van der Waals surface area contributed by atoms with Crippen LogP contribution in [0.2, 0.25) is 0 Å². The zero-order chi connectivity index (χ0) is 21.2. The monoisotopic (exact) mass is 410 g/mol. The Morgan fingerprint density at radius 2 is 1.74 bits per heavy atom. The van der Waals surface area contributed by atoms with Gasteiger partial charge >= 0.3 is 0 Å². The number of Topliss-reactive ketones (excluding diaryl/α,β-unsaturated/α-hetero) is 1. The van der Waals surface area contributed by atoms with Crippen molar-refractivity contribution in [1.29, 1.82) is 0 Å². The van der Waals surface area contributed by atoms with Gasteiger partial charge in [0.15, 0.2) is 5.78 Å². The van der Waals surface area contributed by atoms with Crippen molar-refractivity contribution in [3.63, 3.8) is 0 Å². The summed E-state index contributed by atoms with van der Waals surface area (Å²) >= 11 is 0. The Morgan fingerprint density at radius 1 is 1.00 bits per heavy atom. The number of ketones is 1. The Balaban J connectivity index is 1.48. The molecule has 5 rings (SSSR count). The van der Waals surface area contributed by atoms with Gasteiger partial charge in [-0.05, 0) is 67.8 Å². The molecule has 0 aliphatic heterocycles. The average Bonchev–Trinajstić information content (AvgIpc) is 3.46. The van der Waals surface area contributed by atoms with Crippen molar-refractivity contribution >= 4 is 16.8 Å². The normalized spacial score (nSPS) is 14.2. The lowest BCUT2D eigenvalue weighted by molar-refractivity contribution is 0.101. The standard InChI is InChI=1S/C27H26N2O2/c1-19(30)22-13-16-26-25(17-22)28-27(29(26)23-9-5-6-10-23)21-11-14-24(15-12-21)31-18-20-7-3-2-4-8-20/h2-4,7-8,11-17,23H,5-6,9-10,18H2,1H3. The van der Waals surface area contributed by atoms with Crippen molar-refractivity contribution in [2.45, 2.75) is 45.3 Å². The van der Waals surface area contributed by atoms with Crippen LogP contribution in [0.15, 0.2) is 72.8 Å². The molecule has 156 valence electrons. The highest BCUT2D eigenvalue weighted by molar-refractivity contribution is 5.97. The lowest BCUT2D eigenvalue weighted by atomic mass is 10.1. The highest BCUT2D eigenvalue weighted by atomic mass is 16.5. The maximum Gasteiger partial charge on any atom is 0.159 e. The van der Waals surface area contributed by atoms with Gasteiger partial charge in [-0.1, -0.05) is 43.2 Å². The Labute approximate surface area is 182 Å². The first-order chi connectivity index (χ1) is 15.2. The van der Waals surface area contributed by atoms with Gasteiger partial charge in [0.25, 0.3) is 0 Å². The summed E-state index contributed by atoms with van der Waals surface area (Å²) in [4.78, 5) is 16.8. The van der Waals surface area contributed by atoms with Gasteiger partial charge in [0.05, 0.1) is 11.0 Å². The van der Waals surface area contributed by atoms with Crippen molar-refractivity contribution in [1.82, 2.24) is 9.55 Å². The third-order valence-electron chi connectivity index (χ3n) is 6.15. The van der Waals surface area contributed by atoms with Crippen LogP contribution in [-0.4, -0.2) is 15.3 Å². The van der Waals surface area contributed by atoms with E-state index < -0.39 is 0 Å². The van der Waals surface area contributed by atoms with Gasteiger partial charge in [0.2, 0.25) is 0 Å². The largest absolute Gasteiger partial charge is 0.489 e. The lowest BCUT2D eigenvalue weighted by Crippen LogP contribution is -2.06. The molecular formula is C27H26N2O2. The average molecular weight is 411 g/mol. The molecule has 31 heavy (non-hydrogen) atoms. The first-order valence-electron chi connectivity index (χ1n) is 11.0. The minimum Gasteiger partial charge on any atom is -0.489 e. The molecule has 1 aliphatic rings. The van der Waals surface area contributed by atoms with E-state index in [2.05, 4.69) is 34.9 Å². The first-order valence-corrected chi connectivity index (χ1v) is 11.0. The van der Waals surface area contributed by atoms with Gasteiger partial charge in [-0.25, -0.2) is 4.98 Å². The fourth-order valence-electron chi connectivity index (χ4n) is 4.49. The summed E-state index contributed by atoms with van der Waals surface area (Å²) in [5, 5.41) is 0. The van der Waals surface area contributed by atoms with Crippen LogP contribution in [0.1, 0.15) is 54.6 Å². The SMILES string of the molecule is CC(=O)c1ccc2c(c1)nc(-c1ccc(OCc3ccccc3)cc1)n2C1CCCC1. The summed E-state index contributed by atoms with van der Waals surface area (Å²) in [5.74, 6) is 1.88. The Kier molecular flexibility index (Phi) is 5.29. The molecule has 1 heterocycles. The zero-order valence-corrected chi connectivity index (χ0v) is 17.8.